The van der Waals surface area contributed by atoms with Crippen LogP contribution in [-0.4, -0.2) is 12.1 Å². The fraction of sp³-hybridized carbons (Fsp3) is 1.00. The number of nitrogens with one attached hydrogen (secondary N) is 1. The van der Waals surface area contributed by atoms with Gasteiger partial charge in [0.15, 0.2) is 0 Å². The van der Waals surface area contributed by atoms with Crippen LogP contribution in [0.25, 0.3) is 0 Å². The predicted molar refractivity (Wildman–Crippen MR) is 394 cm³/mol. The van der Waals surface area contributed by atoms with E-state index in [0.29, 0.717) is 0 Å². The molecule has 1 heteroatoms. The molecule has 0 aliphatic carbocycles. The van der Waals surface area contributed by atoms with Crippen LogP contribution in [0.1, 0.15) is 529 Å². The zero-order valence-electron chi connectivity index (χ0n) is 60.8. The van der Waals surface area contributed by atoms with Gasteiger partial charge < -0.3 is 5.32 Å². The van der Waals surface area contributed by atoms with Gasteiger partial charge in [0, 0.05) is 12.1 Å². The lowest BCUT2D eigenvalue weighted by molar-refractivity contribution is 0.329. The Balaban J connectivity index is 4.90. The first kappa shape index (κ1) is 85.0. The first-order valence-electron chi connectivity index (χ1n) is 42.0. The third-order valence-electron chi connectivity index (χ3n) is 20.6. The minimum atomic E-state index is 0.757. The van der Waals surface area contributed by atoms with Crippen LogP contribution >= 0.6 is 0 Å². The van der Waals surface area contributed by atoms with Crippen molar-refractivity contribution in [3.05, 3.63) is 0 Å². The molecule has 0 aliphatic heterocycles. The van der Waals surface area contributed by atoms with Crippen LogP contribution in [0, 0.1) is 0 Å². The van der Waals surface area contributed by atoms with Crippen LogP contribution in [0.5, 0.6) is 0 Å². The molecule has 0 aromatic rings. The number of rotatable bonds is 80. The van der Waals surface area contributed by atoms with Crippen LogP contribution < -0.4 is 5.32 Å². The molecule has 1 N–H and O–H groups in total. The third kappa shape index (κ3) is 76.3. The highest BCUT2D eigenvalue weighted by Crippen LogP contribution is 2.23. The van der Waals surface area contributed by atoms with E-state index in [0.717, 1.165) is 12.1 Å². The van der Waals surface area contributed by atoms with Gasteiger partial charge in [0.05, 0.1) is 0 Å². The summed E-state index contributed by atoms with van der Waals surface area (Å²) in [6, 6.07) is 1.51. The van der Waals surface area contributed by atoms with Crippen molar-refractivity contribution in [2.24, 2.45) is 0 Å². The van der Waals surface area contributed by atoms with Gasteiger partial charge in [-0.2, -0.15) is 0 Å². The number of hydrogen-bond donors (Lipinski definition) is 1. The number of hydrogen-bond acceptors (Lipinski definition) is 1. The van der Waals surface area contributed by atoms with E-state index in [1.165, 1.54) is 501 Å². The summed E-state index contributed by atoms with van der Waals surface area (Å²) < 4.78 is 0. The molecule has 1 nitrogen and oxygen atoms in total. The zero-order chi connectivity index (χ0) is 61.0. The summed E-state index contributed by atoms with van der Waals surface area (Å²) in [6.45, 7) is 9.32. The molecule has 0 amide bonds. The van der Waals surface area contributed by atoms with Crippen molar-refractivity contribution in [1.29, 1.82) is 0 Å². The van der Waals surface area contributed by atoms with Crippen LogP contribution in [0.4, 0.5) is 0 Å². The van der Waals surface area contributed by atoms with Gasteiger partial charge in [-0.05, 0) is 25.7 Å². The van der Waals surface area contributed by atoms with Crippen molar-refractivity contribution in [3.63, 3.8) is 0 Å². The van der Waals surface area contributed by atoms with Crippen LogP contribution in [0.2, 0.25) is 0 Å². The molecule has 512 valence electrons. The molecule has 0 saturated carbocycles. The Hall–Kier alpha value is -0.0400. The van der Waals surface area contributed by atoms with Crippen molar-refractivity contribution in [3.8, 4) is 0 Å². The quantitative estimate of drug-likeness (QED) is 0.0599. The van der Waals surface area contributed by atoms with E-state index in [1.54, 1.807) is 0 Å². The third-order valence-corrected chi connectivity index (χ3v) is 20.6. The molecule has 0 heterocycles. The van der Waals surface area contributed by atoms with E-state index in [2.05, 4.69) is 33.0 Å². The number of unbranched alkanes of at least 4 members (excludes halogenated alkanes) is 70. The molecule has 0 radical (unpaired) electrons. The summed E-state index contributed by atoms with van der Waals surface area (Å²) in [5.74, 6) is 0. The summed E-state index contributed by atoms with van der Waals surface area (Å²) in [4.78, 5) is 0. The lowest BCUT2D eigenvalue weighted by Crippen LogP contribution is -2.38. The minimum absolute atomic E-state index is 0.757. The Kier molecular flexibility index (Phi) is 80.0. The SMILES string of the molecule is CCCCCCCCCCCCCCCCCCCCCC(CCCCCCCCCCCCCCCCCCCC)NC(CCCCCCCCCCCCCCCCCCCC)CCCCCCCCCCCCCCCCCCCCC. The van der Waals surface area contributed by atoms with Crippen molar-refractivity contribution in [2.75, 3.05) is 0 Å². The highest BCUT2D eigenvalue weighted by atomic mass is 14.9. The van der Waals surface area contributed by atoms with Crippen molar-refractivity contribution in [2.45, 2.75) is 541 Å². The second-order valence-electron chi connectivity index (χ2n) is 29.5. The van der Waals surface area contributed by atoms with E-state index in [-0.39, 0.29) is 0 Å². The molecule has 0 bridgehead atoms. The summed E-state index contributed by atoms with van der Waals surface area (Å²) >= 11 is 0. The van der Waals surface area contributed by atoms with E-state index >= 15 is 0 Å². The van der Waals surface area contributed by atoms with E-state index < -0.39 is 0 Å². The summed E-state index contributed by atoms with van der Waals surface area (Å²) in [7, 11) is 0. The Morgan fingerprint density at radius 3 is 0.294 bits per heavy atom. The van der Waals surface area contributed by atoms with Gasteiger partial charge in [-0.1, -0.05) is 503 Å². The highest BCUT2D eigenvalue weighted by molar-refractivity contribution is 4.76. The lowest BCUT2D eigenvalue weighted by atomic mass is 9.95. The average molecular weight is 1200 g/mol. The molecule has 0 rings (SSSR count). The largest absolute Gasteiger partial charge is 0.311 e. The van der Waals surface area contributed by atoms with Crippen molar-refractivity contribution in [1.82, 2.24) is 5.32 Å². The molecule has 85 heavy (non-hydrogen) atoms. The van der Waals surface area contributed by atoms with Crippen molar-refractivity contribution < 1.29 is 0 Å². The first-order chi connectivity index (χ1) is 42.3. The fourth-order valence-corrected chi connectivity index (χ4v) is 14.5. The molecule has 0 spiro atoms. The molecule has 2 atom stereocenters. The fourth-order valence-electron chi connectivity index (χ4n) is 14.5. The van der Waals surface area contributed by atoms with Crippen LogP contribution in [0.3, 0.4) is 0 Å². The van der Waals surface area contributed by atoms with Gasteiger partial charge in [0.25, 0.3) is 0 Å². The predicted octanol–water partition coefficient (Wildman–Crippen LogP) is 31.8. The van der Waals surface area contributed by atoms with Gasteiger partial charge in [0.1, 0.15) is 0 Å². The van der Waals surface area contributed by atoms with E-state index in [9.17, 15) is 0 Å². The minimum Gasteiger partial charge on any atom is -0.311 e. The normalized spacial score (nSPS) is 12.6. The monoisotopic (exact) mass is 1190 g/mol. The molecule has 0 fully saturated rings. The van der Waals surface area contributed by atoms with Crippen LogP contribution in [0.15, 0.2) is 0 Å². The maximum Gasteiger partial charge on any atom is 0.00696 e. The molecule has 0 aromatic heterocycles. The average Bonchev–Trinajstić information content (AvgIpc) is 3.51. The van der Waals surface area contributed by atoms with Gasteiger partial charge in [-0.15, -0.1) is 0 Å². The second kappa shape index (κ2) is 80.1. The molecular formula is C84H171N. The van der Waals surface area contributed by atoms with Gasteiger partial charge in [-0.25, -0.2) is 0 Å². The smallest absolute Gasteiger partial charge is 0.00696 e. The van der Waals surface area contributed by atoms with Gasteiger partial charge >= 0.3 is 0 Å². The summed E-state index contributed by atoms with van der Waals surface area (Å²) in [6.07, 6.45) is 115. The second-order valence-corrected chi connectivity index (χ2v) is 29.5. The Bertz CT molecular complexity index is 1010. The lowest BCUT2D eigenvalue weighted by Gasteiger charge is -2.27. The van der Waals surface area contributed by atoms with Gasteiger partial charge in [0.2, 0.25) is 0 Å². The first-order valence-corrected chi connectivity index (χ1v) is 42.0. The van der Waals surface area contributed by atoms with Crippen molar-refractivity contribution >= 4 is 0 Å². The maximum absolute atomic E-state index is 4.49. The van der Waals surface area contributed by atoms with E-state index in [4.69, 9.17) is 0 Å². The molecule has 2 unspecified atom stereocenters. The molecular weight excluding hydrogens is 1020 g/mol. The summed E-state index contributed by atoms with van der Waals surface area (Å²) in [5.41, 5.74) is 0. The highest BCUT2D eigenvalue weighted by Gasteiger charge is 2.16. The summed E-state index contributed by atoms with van der Waals surface area (Å²) in [5, 5.41) is 4.49. The maximum atomic E-state index is 4.49. The zero-order valence-corrected chi connectivity index (χ0v) is 60.8. The van der Waals surface area contributed by atoms with Crippen LogP contribution in [-0.2, 0) is 0 Å². The Morgan fingerprint density at radius 1 is 0.118 bits per heavy atom. The molecule has 0 aromatic carbocycles. The molecule has 0 saturated heterocycles. The van der Waals surface area contributed by atoms with E-state index in [1.807, 2.05) is 0 Å². The topological polar surface area (TPSA) is 12.0 Å². The Labute approximate surface area is 543 Å². The molecule has 0 aliphatic rings. The Morgan fingerprint density at radius 2 is 0.200 bits per heavy atom. The van der Waals surface area contributed by atoms with Gasteiger partial charge in [-0.3, -0.25) is 0 Å². The standard InChI is InChI=1S/C84H171N/c1-5-9-13-17-21-25-29-33-37-41-45-49-53-57-61-65-69-73-77-81-83(79-75-71-67-63-59-55-51-47-43-39-35-31-27-23-19-15-11-7-3)85-84(80-76-72-68-64-60-56-52-48-44-40-36-32-28-24-20-16-12-8-4)82-78-74-70-66-62-58-54-50-46-42-38-34-30-26-22-18-14-10-6-2/h83-85H,5-82H2,1-4H3.